The minimum atomic E-state index is -0.763. The summed E-state index contributed by atoms with van der Waals surface area (Å²) in [5.41, 5.74) is 6.76. The van der Waals surface area contributed by atoms with Crippen LogP contribution in [0.15, 0.2) is 36.5 Å². The molecule has 0 radical (unpaired) electrons. The number of anilines is 1. The van der Waals surface area contributed by atoms with Gasteiger partial charge in [0.15, 0.2) is 0 Å². The van der Waals surface area contributed by atoms with Gasteiger partial charge in [-0.05, 0) is 23.8 Å². The summed E-state index contributed by atoms with van der Waals surface area (Å²) < 4.78 is 13.6. The summed E-state index contributed by atoms with van der Waals surface area (Å²) in [5.74, 6) is -0.0353. The molecular formula is C14H14ClFN2O. The molecule has 1 aromatic heterocycles. The van der Waals surface area contributed by atoms with Crippen LogP contribution in [0.4, 0.5) is 10.2 Å². The molecule has 0 aliphatic rings. The van der Waals surface area contributed by atoms with E-state index in [9.17, 15) is 9.50 Å². The van der Waals surface area contributed by atoms with E-state index in [1.807, 2.05) is 0 Å². The fourth-order valence-corrected chi connectivity index (χ4v) is 2.15. The standard InChI is InChI=1S/C14H14ClFN2O/c15-12-4-1-5-13(16)11(12)8-10(19)7-9-3-2-6-18-14(9)17/h1-6,10,19H,7-8H2,(H2,17,18). The second-order valence-electron chi connectivity index (χ2n) is 4.31. The molecule has 0 spiro atoms. The zero-order valence-electron chi connectivity index (χ0n) is 10.2. The molecule has 3 nitrogen and oxygen atoms in total. The maximum absolute atomic E-state index is 13.6. The summed E-state index contributed by atoms with van der Waals surface area (Å²) in [6, 6.07) is 7.99. The molecular weight excluding hydrogens is 267 g/mol. The number of halogens is 2. The highest BCUT2D eigenvalue weighted by molar-refractivity contribution is 6.31. The molecule has 0 aliphatic carbocycles. The third-order valence-corrected chi connectivity index (χ3v) is 3.24. The first-order valence-electron chi connectivity index (χ1n) is 5.88. The summed E-state index contributed by atoms with van der Waals surface area (Å²) in [4.78, 5) is 3.94. The van der Waals surface area contributed by atoms with Gasteiger partial charge in [-0.1, -0.05) is 23.7 Å². The van der Waals surface area contributed by atoms with E-state index in [4.69, 9.17) is 17.3 Å². The van der Waals surface area contributed by atoms with Crippen molar-refractivity contribution in [2.24, 2.45) is 0 Å². The van der Waals surface area contributed by atoms with Crippen molar-refractivity contribution in [1.29, 1.82) is 0 Å². The van der Waals surface area contributed by atoms with Crippen molar-refractivity contribution >= 4 is 17.4 Å². The lowest BCUT2D eigenvalue weighted by atomic mass is 10.0. The average Bonchev–Trinajstić information content (AvgIpc) is 2.37. The first-order valence-corrected chi connectivity index (χ1v) is 6.26. The molecule has 19 heavy (non-hydrogen) atoms. The summed E-state index contributed by atoms with van der Waals surface area (Å²) >= 11 is 5.92. The van der Waals surface area contributed by atoms with Crippen LogP contribution in [0.5, 0.6) is 0 Å². The normalized spacial score (nSPS) is 12.4. The number of hydrogen-bond donors (Lipinski definition) is 2. The predicted octanol–water partition coefficient (Wildman–Crippen LogP) is 2.60. The van der Waals surface area contributed by atoms with Crippen LogP contribution in [0.1, 0.15) is 11.1 Å². The van der Waals surface area contributed by atoms with Crippen molar-refractivity contribution in [3.63, 3.8) is 0 Å². The van der Waals surface area contributed by atoms with Gasteiger partial charge in [-0.3, -0.25) is 0 Å². The lowest BCUT2D eigenvalue weighted by Crippen LogP contribution is -2.16. The molecule has 2 rings (SSSR count). The van der Waals surface area contributed by atoms with E-state index in [-0.39, 0.29) is 6.42 Å². The number of benzene rings is 1. The van der Waals surface area contributed by atoms with E-state index in [2.05, 4.69) is 4.98 Å². The van der Waals surface area contributed by atoms with Gasteiger partial charge in [0, 0.05) is 29.6 Å². The molecule has 2 aromatic rings. The van der Waals surface area contributed by atoms with Crippen LogP contribution in [-0.2, 0) is 12.8 Å². The first-order chi connectivity index (χ1) is 9.08. The van der Waals surface area contributed by atoms with Gasteiger partial charge < -0.3 is 10.8 Å². The summed E-state index contributed by atoms with van der Waals surface area (Å²) in [7, 11) is 0. The average molecular weight is 281 g/mol. The van der Waals surface area contributed by atoms with Gasteiger partial charge in [-0.25, -0.2) is 9.37 Å². The number of pyridine rings is 1. The summed E-state index contributed by atoms with van der Waals surface area (Å²) in [6.45, 7) is 0. The van der Waals surface area contributed by atoms with Crippen LogP contribution in [-0.4, -0.2) is 16.2 Å². The van der Waals surface area contributed by atoms with Gasteiger partial charge in [-0.2, -0.15) is 0 Å². The lowest BCUT2D eigenvalue weighted by Gasteiger charge is -2.13. The molecule has 0 amide bonds. The maximum atomic E-state index is 13.6. The number of nitrogen functional groups attached to an aromatic ring is 1. The zero-order valence-corrected chi connectivity index (χ0v) is 10.9. The van der Waals surface area contributed by atoms with Gasteiger partial charge >= 0.3 is 0 Å². The Morgan fingerprint density at radius 2 is 2.05 bits per heavy atom. The fourth-order valence-electron chi connectivity index (χ4n) is 1.91. The molecule has 0 saturated carbocycles. The predicted molar refractivity (Wildman–Crippen MR) is 73.5 cm³/mol. The third kappa shape index (κ3) is 3.43. The molecule has 0 bridgehead atoms. The maximum Gasteiger partial charge on any atom is 0.127 e. The first kappa shape index (κ1) is 13.8. The topological polar surface area (TPSA) is 59.1 Å². The summed E-state index contributed by atoms with van der Waals surface area (Å²) in [5, 5.41) is 10.3. The molecule has 1 heterocycles. The largest absolute Gasteiger partial charge is 0.392 e. The van der Waals surface area contributed by atoms with Crippen molar-refractivity contribution < 1.29 is 9.50 Å². The van der Waals surface area contributed by atoms with E-state index in [1.165, 1.54) is 12.1 Å². The SMILES string of the molecule is Nc1ncccc1CC(O)Cc1c(F)cccc1Cl. The molecule has 0 saturated heterocycles. The Morgan fingerprint density at radius 1 is 1.26 bits per heavy atom. The van der Waals surface area contributed by atoms with Crippen molar-refractivity contribution in [2.75, 3.05) is 5.73 Å². The van der Waals surface area contributed by atoms with E-state index >= 15 is 0 Å². The number of aliphatic hydroxyl groups excluding tert-OH is 1. The Labute approximate surface area is 115 Å². The van der Waals surface area contributed by atoms with Crippen molar-refractivity contribution in [3.8, 4) is 0 Å². The highest BCUT2D eigenvalue weighted by atomic mass is 35.5. The van der Waals surface area contributed by atoms with Crippen molar-refractivity contribution in [2.45, 2.75) is 18.9 Å². The number of aromatic nitrogens is 1. The van der Waals surface area contributed by atoms with E-state index in [0.29, 0.717) is 22.8 Å². The quantitative estimate of drug-likeness (QED) is 0.905. The lowest BCUT2D eigenvalue weighted by molar-refractivity contribution is 0.174. The van der Waals surface area contributed by atoms with Crippen molar-refractivity contribution in [3.05, 3.63) is 58.5 Å². The number of nitrogens with zero attached hydrogens (tertiary/aromatic N) is 1. The Balaban J connectivity index is 2.10. The van der Waals surface area contributed by atoms with Gasteiger partial charge in [0.2, 0.25) is 0 Å². The van der Waals surface area contributed by atoms with Crippen LogP contribution in [0, 0.1) is 5.82 Å². The molecule has 0 fully saturated rings. The molecule has 1 aromatic carbocycles. The number of hydrogen-bond acceptors (Lipinski definition) is 3. The van der Waals surface area contributed by atoms with Gasteiger partial charge in [0.25, 0.3) is 0 Å². The second kappa shape index (κ2) is 5.99. The molecule has 1 unspecified atom stereocenters. The second-order valence-corrected chi connectivity index (χ2v) is 4.72. The Hall–Kier alpha value is -1.65. The van der Waals surface area contributed by atoms with Crippen LogP contribution in [0.3, 0.4) is 0 Å². The Bertz CT molecular complexity index is 557. The van der Waals surface area contributed by atoms with E-state index in [1.54, 1.807) is 24.4 Å². The van der Waals surface area contributed by atoms with Crippen molar-refractivity contribution in [1.82, 2.24) is 4.98 Å². The highest BCUT2D eigenvalue weighted by Gasteiger charge is 2.14. The number of nitrogens with two attached hydrogens (primary N) is 1. The highest BCUT2D eigenvalue weighted by Crippen LogP contribution is 2.22. The van der Waals surface area contributed by atoms with Gasteiger partial charge in [0.1, 0.15) is 11.6 Å². The van der Waals surface area contributed by atoms with Crippen LogP contribution < -0.4 is 5.73 Å². The van der Waals surface area contributed by atoms with Gasteiger partial charge in [0.05, 0.1) is 6.10 Å². The fraction of sp³-hybridized carbons (Fsp3) is 0.214. The zero-order chi connectivity index (χ0) is 13.8. The molecule has 3 N–H and O–H groups in total. The number of rotatable bonds is 4. The minimum absolute atomic E-state index is 0.139. The summed E-state index contributed by atoms with van der Waals surface area (Å²) in [6.07, 6.45) is 1.27. The Kier molecular flexibility index (Phi) is 4.35. The van der Waals surface area contributed by atoms with Crippen LogP contribution >= 0.6 is 11.6 Å². The Morgan fingerprint density at radius 3 is 2.74 bits per heavy atom. The minimum Gasteiger partial charge on any atom is -0.392 e. The van der Waals surface area contributed by atoms with Crippen LogP contribution in [0.2, 0.25) is 5.02 Å². The monoisotopic (exact) mass is 280 g/mol. The number of aliphatic hydroxyl groups is 1. The van der Waals surface area contributed by atoms with Crippen LogP contribution in [0.25, 0.3) is 0 Å². The van der Waals surface area contributed by atoms with E-state index in [0.717, 1.165) is 5.56 Å². The molecule has 100 valence electrons. The third-order valence-electron chi connectivity index (χ3n) is 2.88. The molecule has 0 aliphatic heterocycles. The smallest absolute Gasteiger partial charge is 0.127 e. The van der Waals surface area contributed by atoms with Gasteiger partial charge in [-0.15, -0.1) is 0 Å². The molecule has 5 heteroatoms. The van der Waals surface area contributed by atoms with E-state index < -0.39 is 11.9 Å². The molecule has 1 atom stereocenters.